The van der Waals surface area contributed by atoms with E-state index < -0.39 is 24.1 Å². The molecule has 0 aromatic heterocycles. The summed E-state index contributed by atoms with van der Waals surface area (Å²) in [6, 6.07) is 0. The second-order valence-corrected chi connectivity index (χ2v) is 2.36. The van der Waals surface area contributed by atoms with Crippen LogP contribution in [0, 0.1) is 0 Å². The minimum Gasteiger partial charge on any atom is -0.479 e. The van der Waals surface area contributed by atoms with Gasteiger partial charge in [-0.25, -0.2) is 9.59 Å². The van der Waals surface area contributed by atoms with Crippen LogP contribution < -0.4 is 0 Å². The lowest BCUT2D eigenvalue weighted by molar-refractivity contribution is -0.177. The van der Waals surface area contributed by atoms with Crippen molar-refractivity contribution >= 4 is 11.9 Å². The van der Waals surface area contributed by atoms with E-state index >= 15 is 0 Å². The molecule has 5 nitrogen and oxygen atoms in total. The van der Waals surface area contributed by atoms with E-state index in [1.54, 1.807) is 0 Å². The summed E-state index contributed by atoms with van der Waals surface area (Å²) < 4.78 is 4.37. The highest BCUT2D eigenvalue weighted by atomic mass is 16.6. The number of carbonyl (C=O) groups excluding carboxylic acids is 1. The van der Waals surface area contributed by atoms with Gasteiger partial charge in [-0.3, -0.25) is 0 Å². The Morgan fingerprint density at radius 1 is 1.55 bits per heavy atom. The molecule has 1 aliphatic heterocycles. The highest BCUT2D eigenvalue weighted by Crippen LogP contribution is 2.14. The van der Waals surface area contributed by atoms with Crippen molar-refractivity contribution in [1.82, 2.24) is 0 Å². The third-order valence-electron chi connectivity index (χ3n) is 1.51. The molecule has 0 bridgehead atoms. The monoisotopic (exact) mass is 160 g/mol. The molecule has 2 unspecified atom stereocenters. The van der Waals surface area contributed by atoms with E-state index in [-0.39, 0.29) is 12.8 Å². The Kier molecular flexibility index (Phi) is 2.09. The summed E-state index contributed by atoms with van der Waals surface area (Å²) in [4.78, 5) is 20.8. The molecule has 1 heterocycles. The van der Waals surface area contributed by atoms with Gasteiger partial charge in [0.05, 0.1) is 0 Å². The van der Waals surface area contributed by atoms with Gasteiger partial charge < -0.3 is 14.9 Å². The third kappa shape index (κ3) is 1.68. The Balaban J connectivity index is 2.53. The number of esters is 1. The van der Waals surface area contributed by atoms with Crippen molar-refractivity contribution in [1.29, 1.82) is 0 Å². The van der Waals surface area contributed by atoms with Crippen LogP contribution in [0.2, 0.25) is 0 Å². The first-order valence-electron chi connectivity index (χ1n) is 3.22. The van der Waals surface area contributed by atoms with Crippen molar-refractivity contribution in [3.05, 3.63) is 0 Å². The van der Waals surface area contributed by atoms with Gasteiger partial charge in [0.2, 0.25) is 0 Å². The molecule has 1 rings (SSSR count). The first kappa shape index (κ1) is 8.00. The number of hydrogen-bond donors (Lipinski definition) is 2. The molecule has 0 radical (unpaired) electrons. The molecule has 11 heavy (non-hydrogen) atoms. The summed E-state index contributed by atoms with van der Waals surface area (Å²) in [5.74, 6) is -2.01. The Hall–Kier alpha value is -1.10. The number of ether oxygens (including phenoxy) is 1. The fraction of sp³-hybridized carbons (Fsp3) is 0.667. The van der Waals surface area contributed by atoms with Crippen molar-refractivity contribution in [2.45, 2.75) is 25.0 Å². The minimum absolute atomic E-state index is 0.163. The lowest BCUT2D eigenvalue weighted by Crippen LogP contribution is -2.38. The molecular formula is C6H8O5. The Bertz CT molecular complexity index is 187. The normalized spacial score (nSPS) is 31.2. The van der Waals surface area contributed by atoms with Crippen LogP contribution in [-0.2, 0) is 14.3 Å². The van der Waals surface area contributed by atoms with Crippen LogP contribution in [0.15, 0.2) is 0 Å². The number of rotatable bonds is 1. The molecule has 0 aromatic rings. The maximum Gasteiger partial charge on any atom is 0.345 e. The van der Waals surface area contributed by atoms with Crippen LogP contribution in [0.4, 0.5) is 0 Å². The van der Waals surface area contributed by atoms with Gasteiger partial charge >= 0.3 is 11.9 Å². The summed E-state index contributed by atoms with van der Waals surface area (Å²) in [5.41, 5.74) is 0. The molecule has 2 atom stereocenters. The molecule has 0 spiro atoms. The number of aliphatic carboxylic acids is 1. The SMILES string of the molecule is O=C1OC(C(=O)O)CCC1O. The third-order valence-corrected chi connectivity index (χ3v) is 1.51. The second kappa shape index (κ2) is 2.87. The molecule has 5 heteroatoms. The first-order valence-corrected chi connectivity index (χ1v) is 3.22. The van der Waals surface area contributed by atoms with Crippen molar-refractivity contribution in [3.8, 4) is 0 Å². The molecule has 0 amide bonds. The first-order chi connectivity index (χ1) is 5.11. The number of carboxylic acid groups (broad SMARTS) is 1. The van der Waals surface area contributed by atoms with E-state index in [1.165, 1.54) is 0 Å². The number of hydrogen-bond acceptors (Lipinski definition) is 4. The summed E-state index contributed by atoms with van der Waals surface area (Å²) >= 11 is 0. The maximum atomic E-state index is 10.6. The molecule has 62 valence electrons. The summed E-state index contributed by atoms with van der Waals surface area (Å²) in [7, 11) is 0. The van der Waals surface area contributed by atoms with Crippen molar-refractivity contribution in [2.24, 2.45) is 0 Å². The van der Waals surface area contributed by atoms with Gasteiger partial charge in [0.25, 0.3) is 0 Å². The van der Waals surface area contributed by atoms with E-state index in [2.05, 4.69) is 4.74 Å². The number of aliphatic hydroxyl groups excluding tert-OH is 1. The predicted molar refractivity (Wildman–Crippen MR) is 32.8 cm³/mol. The highest BCUT2D eigenvalue weighted by molar-refractivity contribution is 5.81. The lowest BCUT2D eigenvalue weighted by Gasteiger charge is -2.21. The van der Waals surface area contributed by atoms with Crippen molar-refractivity contribution in [3.63, 3.8) is 0 Å². The fourth-order valence-corrected chi connectivity index (χ4v) is 0.879. The van der Waals surface area contributed by atoms with E-state index in [0.29, 0.717) is 0 Å². The van der Waals surface area contributed by atoms with Gasteiger partial charge in [-0.15, -0.1) is 0 Å². The summed E-state index contributed by atoms with van der Waals surface area (Å²) in [6.07, 6.45) is -1.88. The summed E-state index contributed by atoms with van der Waals surface area (Å²) in [5, 5.41) is 17.2. The van der Waals surface area contributed by atoms with Crippen molar-refractivity contribution < 1.29 is 24.5 Å². The average molecular weight is 160 g/mol. The number of carboxylic acids is 1. The molecule has 1 fully saturated rings. The largest absolute Gasteiger partial charge is 0.479 e. The Labute approximate surface area is 62.6 Å². The van der Waals surface area contributed by atoms with E-state index in [1.807, 2.05) is 0 Å². The number of cyclic esters (lactones) is 1. The molecule has 0 aromatic carbocycles. The second-order valence-electron chi connectivity index (χ2n) is 2.36. The highest BCUT2D eigenvalue weighted by Gasteiger charge is 2.32. The van der Waals surface area contributed by atoms with Crippen molar-refractivity contribution in [2.75, 3.05) is 0 Å². The molecular weight excluding hydrogens is 152 g/mol. The van der Waals surface area contributed by atoms with Gasteiger partial charge in [-0.2, -0.15) is 0 Å². The van der Waals surface area contributed by atoms with E-state index in [4.69, 9.17) is 10.2 Å². The standard InChI is InChI=1S/C6H8O5/c7-3-1-2-4(5(8)9)11-6(3)10/h3-4,7H,1-2H2,(H,8,9). The average Bonchev–Trinajstić information content (AvgIpc) is 1.94. The van der Waals surface area contributed by atoms with Crippen LogP contribution in [0.1, 0.15) is 12.8 Å². The molecule has 1 saturated heterocycles. The topological polar surface area (TPSA) is 83.8 Å². The lowest BCUT2D eigenvalue weighted by atomic mass is 10.1. The minimum atomic E-state index is -1.16. The van der Waals surface area contributed by atoms with Gasteiger partial charge in [-0.1, -0.05) is 0 Å². The van der Waals surface area contributed by atoms with Crippen LogP contribution in [-0.4, -0.2) is 34.4 Å². The van der Waals surface area contributed by atoms with Gasteiger partial charge in [0.1, 0.15) is 0 Å². The van der Waals surface area contributed by atoms with Gasteiger partial charge in [0.15, 0.2) is 12.2 Å². The Morgan fingerprint density at radius 2 is 2.18 bits per heavy atom. The number of carbonyl (C=O) groups is 2. The maximum absolute atomic E-state index is 10.6. The smallest absolute Gasteiger partial charge is 0.345 e. The van der Waals surface area contributed by atoms with Gasteiger partial charge in [0, 0.05) is 0 Å². The van der Waals surface area contributed by atoms with Crippen LogP contribution in [0.5, 0.6) is 0 Å². The van der Waals surface area contributed by atoms with Crippen LogP contribution in [0.3, 0.4) is 0 Å². The van der Waals surface area contributed by atoms with Gasteiger partial charge in [-0.05, 0) is 12.8 Å². The van der Waals surface area contributed by atoms with E-state index in [9.17, 15) is 9.59 Å². The van der Waals surface area contributed by atoms with Crippen LogP contribution >= 0.6 is 0 Å². The van der Waals surface area contributed by atoms with Crippen LogP contribution in [0.25, 0.3) is 0 Å². The Morgan fingerprint density at radius 3 is 2.64 bits per heavy atom. The fourth-order valence-electron chi connectivity index (χ4n) is 0.879. The molecule has 0 saturated carbocycles. The predicted octanol–water partition coefficient (Wildman–Crippen LogP) is -0.863. The quantitative estimate of drug-likeness (QED) is 0.487. The zero-order chi connectivity index (χ0) is 8.43. The van der Waals surface area contributed by atoms with E-state index in [0.717, 1.165) is 0 Å². The molecule has 0 aliphatic carbocycles. The molecule has 1 aliphatic rings. The zero-order valence-corrected chi connectivity index (χ0v) is 5.69. The molecule has 2 N–H and O–H groups in total. The summed E-state index contributed by atoms with van der Waals surface area (Å²) in [6.45, 7) is 0. The zero-order valence-electron chi connectivity index (χ0n) is 5.69. The number of aliphatic hydroxyl groups is 1.